The Labute approximate surface area is 132 Å². The predicted molar refractivity (Wildman–Crippen MR) is 92.7 cm³/mol. The minimum absolute atomic E-state index is 0.242. The van der Waals surface area contributed by atoms with Crippen molar-refractivity contribution in [3.05, 3.63) is 41.6 Å². The third-order valence-electron chi connectivity index (χ3n) is 4.16. The van der Waals surface area contributed by atoms with Crippen LogP contribution in [0, 0.1) is 5.41 Å². The van der Waals surface area contributed by atoms with E-state index in [1.165, 1.54) is 27.6 Å². The van der Waals surface area contributed by atoms with Gasteiger partial charge >= 0.3 is 0 Å². The van der Waals surface area contributed by atoms with E-state index in [0.717, 1.165) is 26.2 Å². The number of benzene rings is 1. The van der Waals surface area contributed by atoms with Gasteiger partial charge in [-0.15, -0.1) is 0 Å². The van der Waals surface area contributed by atoms with Gasteiger partial charge in [0, 0.05) is 30.2 Å². The number of rotatable bonds is 3. The first-order chi connectivity index (χ1) is 10.5. The number of ether oxygens (including phenoxy) is 1. The molecule has 3 nitrogen and oxygen atoms in total. The summed E-state index contributed by atoms with van der Waals surface area (Å²) in [7, 11) is 0. The van der Waals surface area contributed by atoms with E-state index in [4.69, 9.17) is 10.5 Å². The second-order valence-corrected chi connectivity index (χ2v) is 7.33. The summed E-state index contributed by atoms with van der Waals surface area (Å²) in [5.74, 6) is 0. The quantitative estimate of drug-likeness (QED) is 0.932. The molecule has 1 aromatic heterocycles. The Kier molecular flexibility index (Phi) is 4.11. The first kappa shape index (κ1) is 15.3. The lowest BCUT2D eigenvalue weighted by Gasteiger charge is -2.20. The Morgan fingerprint density at radius 2 is 2.09 bits per heavy atom. The van der Waals surface area contributed by atoms with Gasteiger partial charge in [-0.3, -0.25) is 0 Å². The average molecular weight is 298 g/mol. The van der Waals surface area contributed by atoms with Gasteiger partial charge in [0.25, 0.3) is 0 Å². The molecule has 22 heavy (non-hydrogen) atoms. The highest BCUT2D eigenvalue weighted by atomic mass is 16.5. The highest BCUT2D eigenvalue weighted by Gasteiger charge is 2.16. The summed E-state index contributed by atoms with van der Waals surface area (Å²) in [5.41, 5.74) is 11.4. The topological polar surface area (TPSA) is 40.2 Å². The van der Waals surface area contributed by atoms with E-state index in [1.807, 2.05) is 0 Å². The van der Waals surface area contributed by atoms with Crippen LogP contribution in [0.2, 0.25) is 0 Å². The number of aromatic nitrogens is 1. The van der Waals surface area contributed by atoms with E-state index in [-0.39, 0.29) is 5.41 Å². The molecule has 0 bridgehead atoms. The zero-order valence-electron chi connectivity index (χ0n) is 13.9. The van der Waals surface area contributed by atoms with Gasteiger partial charge in [0.1, 0.15) is 0 Å². The molecular formula is C19H26N2O. The van der Waals surface area contributed by atoms with Crippen LogP contribution < -0.4 is 5.73 Å². The van der Waals surface area contributed by atoms with E-state index >= 15 is 0 Å². The molecule has 2 N–H and O–H groups in total. The second kappa shape index (κ2) is 5.90. The summed E-state index contributed by atoms with van der Waals surface area (Å²) in [5, 5.41) is 1.28. The van der Waals surface area contributed by atoms with E-state index in [1.54, 1.807) is 0 Å². The normalized spacial score (nSPS) is 16.1. The Balaban J connectivity index is 2.08. The lowest BCUT2D eigenvalue weighted by atomic mass is 9.96. The minimum Gasteiger partial charge on any atom is -0.377 e. The average Bonchev–Trinajstić information content (AvgIpc) is 2.83. The van der Waals surface area contributed by atoms with Crippen LogP contribution in [0.5, 0.6) is 0 Å². The molecule has 3 rings (SSSR count). The van der Waals surface area contributed by atoms with Crippen molar-refractivity contribution < 1.29 is 4.74 Å². The van der Waals surface area contributed by atoms with E-state index in [2.05, 4.69) is 55.8 Å². The van der Waals surface area contributed by atoms with Crippen LogP contribution in [0.25, 0.3) is 16.5 Å². The largest absolute Gasteiger partial charge is 0.377 e. The smallest absolute Gasteiger partial charge is 0.0653 e. The fraction of sp³-hybridized carbons (Fsp3) is 0.474. The van der Waals surface area contributed by atoms with Crippen molar-refractivity contribution in [3.8, 4) is 0 Å². The standard InChI is InChI=1S/C19H26N2O/c1-19(2,3)13-21-12-16(11-20)17-5-4-15(10-18(17)21)14-6-8-22-9-7-14/h4-6,10,12H,7-9,11,13,20H2,1-3H3. The summed E-state index contributed by atoms with van der Waals surface area (Å²) >= 11 is 0. The van der Waals surface area contributed by atoms with Gasteiger partial charge in [-0.25, -0.2) is 0 Å². The molecular weight excluding hydrogens is 272 g/mol. The predicted octanol–water partition coefficient (Wildman–Crippen LogP) is 3.95. The van der Waals surface area contributed by atoms with Gasteiger partial charge in [0.05, 0.1) is 13.2 Å². The van der Waals surface area contributed by atoms with Crippen LogP contribution in [0.1, 0.15) is 38.3 Å². The van der Waals surface area contributed by atoms with E-state index in [9.17, 15) is 0 Å². The van der Waals surface area contributed by atoms with Crippen LogP contribution in [0.3, 0.4) is 0 Å². The van der Waals surface area contributed by atoms with Gasteiger partial charge in [-0.05, 0) is 34.6 Å². The molecule has 0 unspecified atom stereocenters. The summed E-state index contributed by atoms with van der Waals surface area (Å²) < 4.78 is 7.78. The van der Waals surface area contributed by atoms with Crippen LogP contribution in [-0.4, -0.2) is 17.8 Å². The first-order valence-electron chi connectivity index (χ1n) is 8.07. The fourth-order valence-corrected chi connectivity index (χ4v) is 3.16. The maximum atomic E-state index is 5.93. The molecule has 2 heterocycles. The highest BCUT2D eigenvalue weighted by Crippen LogP contribution is 2.30. The minimum atomic E-state index is 0.242. The zero-order valence-corrected chi connectivity index (χ0v) is 13.9. The Hall–Kier alpha value is -1.58. The molecule has 0 amide bonds. The monoisotopic (exact) mass is 298 g/mol. The van der Waals surface area contributed by atoms with Gasteiger partial charge in [0.2, 0.25) is 0 Å². The Morgan fingerprint density at radius 3 is 2.73 bits per heavy atom. The fourth-order valence-electron chi connectivity index (χ4n) is 3.16. The number of hydrogen-bond acceptors (Lipinski definition) is 2. The molecule has 0 saturated heterocycles. The second-order valence-electron chi connectivity index (χ2n) is 7.33. The molecule has 0 spiro atoms. The molecule has 3 heteroatoms. The lowest BCUT2D eigenvalue weighted by Crippen LogP contribution is -2.14. The molecule has 0 fully saturated rings. The van der Waals surface area contributed by atoms with Crippen LogP contribution in [-0.2, 0) is 17.8 Å². The van der Waals surface area contributed by atoms with Gasteiger partial charge < -0.3 is 15.0 Å². The SMILES string of the molecule is CC(C)(C)Cn1cc(CN)c2ccc(C3=CCOCC3)cc21. The Morgan fingerprint density at radius 1 is 1.27 bits per heavy atom. The Bertz CT molecular complexity index is 704. The number of nitrogens with zero attached hydrogens (tertiary/aromatic N) is 1. The molecule has 118 valence electrons. The maximum Gasteiger partial charge on any atom is 0.0653 e. The zero-order chi connectivity index (χ0) is 15.7. The van der Waals surface area contributed by atoms with Crippen molar-refractivity contribution in [1.82, 2.24) is 4.57 Å². The van der Waals surface area contributed by atoms with Crippen molar-refractivity contribution in [1.29, 1.82) is 0 Å². The number of fused-ring (bicyclic) bond motifs is 1. The molecule has 0 aliphatic carbocycles. The third-order valence-corrected chi connectivity index (χ3v) is 4.16. The third kappa shape index (κ3) is 3.11. The summed E-state index contributed by atoms with van der Waals surface area (Å²) in [6.07, 6.45) is 5.42. The van der Waals surface area contributed by atoms with E-state index < -0.39 is 0 Å². The highest BCUT2D eigenvalue weighted by molar-refractivity contribution is 5.87. The molecule has 1 aliphatic rings. The molecule has 1 aliphatic heterocycles. The van der Waals surface area contributed by atoms with Crippen molar-refractivity contribution in [2.24, 2.45) is 11.1 Å². The van der Waals surface area contributed by atoms with E-state index in [0.29, 0.717) is 6.54 Å². The molecule has 0 radical (unpaired) electrons. The van der Waals surface area contributed by atoms with Crippen LogP contribution >= 0.6 is 0 Å². The van der Waals surface area contributed by atoms with Gasteiger partial charge in [-0.2, -0.15) is 0 Å². The van der Waals surface area contributed by atoms with Gasteiger partial charge in [0.15, 0.2) is 0 Å². The maximum absolute atomic E-state index is 5.93. The number of hydrogen-bond donors (Lipinski definition) is 1. The van der Waals surface area contributed by atoms with Crippen molar-refractivity contribution >= 4 is 16.5 Å². The van der Waals surface area contributed by atoms with Crippen molar-refractivity contribution in [3.63, 3.8) is 0 Å². The van der Waals surface area contributed by atoms with Crippen molar-refractivity contribution in [2.75, 3.05) is 13.2 Å². The van der Waals surface area contributed by atoms with Crippen molar-refractivity contribution in [2.45, 2.75) is 40.3 Å². The number of nitrogens with two attached hydrogens (primary N) is 1. The van der Waals surface area contributed by atoms with Crippen LogP contribution in [0.4, 0.5) is 0 Å². The molecule has 0 atom stereocenters. The summed E-state index contributed by atoms with van der Waals surface area (Å²) in [4.78, 5) is 0. The lowest BCUT2D eigenvalue weighted by molar-refractivity contribution is 0.161. The molecule has 1 aromatic carbocycles. The summed E-state index contributed by atoms with van der Waals surface area (Å²) in [6.45, 7) is 9.94. The first-order valence-corrected chi connectivity index (χ1v) is 8.07. The molecule has 2 aromatic rings. The summed E-state index contributed by atoms with van der Waals surface area (Å²) in [6, 6.07) is 6.76. The van der Waals surface area contributed by atoms with Gasteiger partial charge in [-0.1, -0.05) is 39.0 Å². The van der Waals surface area contributed by atoms with Crippen LogP contribution in [0.15, 0.2) is 30.5 Å². The molecule has 0 saturated carbocycles.